The average molecular weight is 477 g/mol. The van der Waals surface area contributed by atoms with Crippen LogP contribution in [0.5, 0.6) is 0 Å². The molecular weight excluding hydrogens is 451 g/mol. The summed E-state index contributed by atoms with van der Waals surface area (Å²) >= 11 is 0. The Morgan fingerprint density at radius 2 is 1.69 bits per heavy atom. The summed E-state index contributed by atoms with van der Waals surface area (Å²) in [4.78, 5) is 46.1. The Bertz CT molecular complexity index is 1220. The molecule has 1 atom stereocenters. The number of nitrogens with two attached hydrogens (primary N) is 1. The molecule has 4 N–H and O–H groups in total. The molecule has 4 amide bonds. The van der Waals surface area contributed by atoms with Crippen LogP contribution >= 0.6 is 0 Å². The molecule has 35 heavy (non-hydrogen) atoms. The number of amides is 4. The fourth-order valence-electron chi connectivity index (χ4n) is 3.91. The number of aromatic nitrogens is 1. The number of hydrogen-bond donors (Lipinski definition) is 3. The summed E-state index contributed by atoms with van der Waals surface area (Å²) in [5, 5.41) is 5.42. The van der Waals surface area contributed by atoms with Crippen LogP contribution in [-0.4, -0.2) is 51.9 Å². The third-order valence-corrected chi connectivity index (χ3v) is 5.63. The van der Waals surface area contributed by atoms with Gasteiger partial charge in [0.1, 0.15) is 5.82 Å². The zero-order valence-electron chi connectivity index (χ0n) is 18.9. The van der Waals surface area contributed by atoms with Crippen molar-refractivity contribution < 1.29 is 18.8 Å². The number of benzene rings is 2. The summed E-state index contributed by atoms with van der Waals surface area (Å²) in [6.07, 6.45) is 1.77. The number of carbonyl (C=O) groups excluding carboxylic acids is 3. The predicted molar refractivity (Wildman–Crippen MR) is 127 cm³/mol. The van der Waals surface area contributed by atoms with Crippen molar-refractivity contribution in [2.75, 3.05) is 18.4 Å². The fraction of sp³-hybridized carbons (Fsp3) is 0.200. The van der Waals surface area contributed by atoms with Gasteiger partial charge >= 0.3 is 6.03 Å². The number of urea groups is 1. The minimum absolute atomic E-state index is 0.124. The minimum Gasteiger partial charge on any atom is -0.349 e. The molecule has 0 saturated carbocycles. The van der Waals surface area contributed by atoms with E-state index in [9.17, 15) is 18.8 Å². The summed E-state index contributed by atoms with van der Waals surface area (Å²) in [6.45, 7) is 0.837. The van der Waals surface area contributed by atoms with E-state index in [1.54, 1.807) is 12.1 Å². The van der Waals surface area contributed by atoms with Gasteiger partial charge in [-0.1, -0.05) is 30.3 Å². The average Bonchev–Trinajstić information content (AvgIpc) is 3.33. The number of nitrogens with zero attached hydrogens (tertiary/aromatic N) is 3. The molecule has 4 rings (SSSR count). The summed E-state index contributed by atoms with van der Waals surface area (Å²) < 4.78 is 13.6. The number of pyridine rings is 1. The molecule has 1 saturated heterocycles. The molecule has 0 radical (unpaired) electrons. The molecule has 180 valence electrons. The fourth-order valence-corrected chi connectivity index (χ4v) is 3.91. The SMILES string of the molecule is NCc1cccc(CNC(=O)C2N(C(=O)Nc3cccc(F)c3)CCN2C(=O)c2ccncc2)c1. The van der Waals surface area contributed by atoms with Crippen molar-refractivity contribution in [1.29, 1.82) is 0 Å². The quantitative estimate of drug-likeness (QED) is 0.504. The third-order valence-electron chi connectivity index (χ3n) is 5.63. The molecule has 3 aromatic rings. The van der Waals surface area contributed by atoms with Gasteiger partial charge in [-0.3, -0.25) is 19.5 Å². The minimum atomic E-state index is -1.19. The highest BCUT2D eigenvalue weighted by atomic mass is 19.1. The van der Waals surface area contributed by atoms with E-state index in [1.165, 1.54) is 46.5 Å². The van der Waals surface area contributed by atoms with Gasteiger partial charge in [0.05, 0.1) is 0 Å². The lowest BCUT2D eigenvalue weighted by atomic mass is 10.1. The molecule has 2 aromatic carbocycles. The van der Waals surface area contributed by atoms with Crippen LogP contribution in [0, 0.1) is 5.82 Å². The molecular formula is C25H25FN6O3. The Morgan fingerprint density at radius 3 is 2.43 bits per heavy atom. The monoisotopic (exact) mass is 476 g/mol. The third kappa shape index (κ3) is 5.61. The van der Waals surface area contributed by atoms with E-state index >= 15 is 0 Å². The van der Waals surface area contributed by atoms with Gasteiger partial charge in [0, 0.05) is 49.8 Å². The maximum Gasteiger partial charge on any atom is 0.323 e. The van der Waals surface area contributed by atoms with Gasteiger partial charge in [0.2, 0.25) is 0 Å². The Labute approximate surface area is 201 Å². The molecule has 1 aromatic heterocycles. The smallest absolute Gasteiger partial charge is 0.323 e. The summed E-state index contributed by atoms with van der Waals surface area (Å²) in [5.41, 5.74) is 8.04. The first-order valence-electron chi connectivity index (χ1n) is 11.1. The Kier molecular flexibility index (Phi) is 7.32. The van der Waals surface area contributed by atoms with Gasteiger partial charge in [-0.2, -0.15) is 0 Å². The lowest BCUT2D eigenvalue weighted by molar-refractivity contribution is -0.128. The lowest BCUT2D eigenvalue weighted by Crippen LogP contribution is -2.54. The number of rotatable bonds is 6. The Hall–Kier alpha value is -4.31. The Morgan fingerprint density at radius 1 is 0.971 bits per heavy atom. The van der Waals surface area contributed by atoms with Gasteiger partial charge < -0.3 is 21.3 Å². The van der Waals surface area contributed by atoms with Crippen LogP contribution in [0.2, 0.25) is 0 Å². The molecule has 2 heterocycles. The van der Waals surface area contributed by atoms with Crippen LogP contribution < -0.4 is 16.4 Å². The van der Waals surface area contributed by atoms with Crippen LogP contribution in [-0.2, 0) is 17.9 Å². The van der Waals surface area contributed by atoms with E-state index in [2.05, 4.69) is 15.6 Å². The van der Waals surface area contributed by atoms with Gasteiger partial charge in [-0.05, 0) is 41.5 Å². The molecule has 1 aliphatic rings. The molecule has 1 fully saturated rings. The van der Waals surface area contributed by atoms with Crippen LogP contribution in [0.25, 0.3) is 0 Å². The number of nitrogens with one attached hydrogen (secondary N) is 2. The van der Waals surface area contributed by atoms with Gasteiger partial charge in [0.15, 0.2) is 6.17 Å². The Balaban J connectivity index is 1.55. The highest BCUT2D eigenvalue weighted by molar-refractivity contribution is 6.00. The van der Waals surface area contributed by atoms with Crippen molar-refractivity contribution in [3.63, 3.8) is 0 Å². The zero-order chi connectivity index (χ0) is 24.8. The first-order chi connectivity index (χ1) is 17.0. The molecule has 10 heteroatoms. The van der Waals surface area contributed by atoms with Crippen molar-refractivity contribution >= 4 is 23.5 Å². The van der Waals surface area contributed by atoms with Crippen molar-refractivity contribution in [2.45, 2.75) is 19.3 Å². The highest BCUT2D eigenvalue weighted by Gasteiger charge is 2.43. The second-order valence-corrected chi connectivity index (χ2v) is 7.98. The summed E-state index contributed by atoms with van der Waals surface area (Å²) in [5.74, 6) is -1.43. The zero-order valence-corrected chi connectivity index (χ0v) is 18.9. The lowest BCUT2D eigenvalue weighted by Gasteiger charge is -2.29. The number of anilines is 1. The van der Waals surface area contributed by atoms with Crippen LogP contribution in [0.15, 0.2) is 73.1 Å². The van der Waals surface area contributed by atoms with E-state index in [4.69, 9.17) is 5.73 Å². The summed E-state index contributed by atoms with van der Waals surface area (Å²) in [7, 11) is 0. The number of hydrogen-bond acceptors (Lipinski definition) is 5. The van der Waals surface area contributed by atoms with Crippen LogP contribution in [0.3, 0.4) is 0 Å². The topological polar surface area (TPSA) is 121 Å². The first kappa shape index (κ1) is 23.8. The second-order valence-electron chi connectivity index (χ2n) is 7.98. The summed E-state index contributed by atoms with van der Waals surface area (Å²) in [6, 6.07) is 15.4. The van der Waals surface area contributed by atoms with Crippen molar-refractivity contribution in [2.24, 2.45) is 5.73 Å². The molecule has 0 aliphatic carbocycles. The second kappa shape index (κ2) is 10.7. The highest BCUT2D eigenvalue weighted by Crippen LogP contribution is 2.21. The molecule has 0 spiro atoms. The molecule has 1 unspecified atom stereocenters. The van der Waals surface area contributed by atoms with E-state index in [0.717, 1.165) is 11.1 Å². The largest absolute Gasteiger partial charge is 0.349 e. The van der Waals surface area contributed by atoms with Gasteiger partial charge in [-0.15, -0.1) is 0 Å². The van der Waals surface area contributed by atoms with E-state index in [0.29, 0.717) is 12.1 Å². The van der Waals surface area contributed by atoms with Crippen molar-refractivity contribution in [1.82, 2.24) is 20.1 Å². The first-order valence-corrected chi connectivity index (χ1v) is 11.1. The number of halogens is 1. The van der Waals surface area contributed by atoms with E-state index in [-0.39, 0.29) is 25.3 Å². The predicted octanol–water partition coefficient (Wildman–Crippen LogP) is 2.31. The van der Waals surface area contributed by atoms with Crippen LogP contribution in [0.4, 0.5) is 14.9 Å². The van der Waals surface area contributed by atoms with Gasteiger partial charge in [-0.25, -0.2) is 9.18 Å². The molecule has 1 aliphatic heterocycles. The van der Waals surface area contributed by atoms with E-state index < -0.39 is 29.8 Å². The molecule has 0 bridgehead atoms. The maximum absolute atomic E-state index is 13.6. The maximum atomic E-state index is 13.6. The van der Waals surface area contributed by atoms with Crippen LogP contribution in [0.1, 0.15) is 21.5 Å². The van der Waals surface area contributed by atoms with Crippen molar-refractivity contribution in [3.8, 4) is 0 Å². The van der Waals surface area contributed by atoms with Crippen molar-refractivity contribution in [3.05, 3.63) is 95.6 Å². The van der Waals surface area contributed by atoms with Gasteiger partial charge in [0.25, 0.3) is 11.8 Å². The number of carbonyl (C=O) groups is 3. The normalized spacial score (nSPS) is 15.1. The molecule has 9 nitrogen and oxygen atoms in total. The standard InChI is InChI=1S/C25H25FN6O3/c26-20-5-2-6-21(14-20)30-25(35)32-12-11-31(24(34)19-7-9-28-10-8-19)23(32)22(33)29-16-18-4-1-3-17(13-18)15-27/h1-10,13-14,23H,11-12,15-16,27H2,(H,29,33)(H,30,35). The van der Waals surface area contributed by atoms with E-state index in [1.807, 2.05) is 24.3 Å².